The molecular formula is C33H25Cl2F5N6O6. The normalized spacial score (nSPS) is 23.4. The van der Waals surface area contributed by atoms with Crippen LogP contribution in [0.1, 0.15) is 41.2 Å². The second-order valence-electron chi connectivity index (χ2n) is 11.9. The number of aliphatic carboxylic acids is 1. The molecule has 12 nitrogen and oxygen atoms in total. The number of fused-ring (bicyclic) bond motifs is 1. The first kappa shape index (κ1) is 35.9. The monoisotopic (exact) mass is 766 g/mol. The van der Waals surface area contributed by atoms with E-state index in [0.29, 0.717) is 5.56 Å². The molecule has 2 saturated heterocycles. The predicted molar refractivity (Wildman–Crippen MR) is 171 cm³/mol. The average molecular weight is 767 g/mol. The molecule has 3 aromatic carbocycles. The Bertz CT molecular complexity index is 2100. The van der Waals surface area contributed by atoms with Crippen molar-refractivity contribution in [3.05, 3.63) is 111 Å². The van der Waals surface area contributed by atoms with Gasteiger partial charge in [0.1, 0.15) is 65.2 Å². The number of ether oxygens (including phenoxy) is 4. The Morgan fingerprint density at radius 1 is 1.06 bits per heavy atom. The first-order valence-corrected chi connectivity index (χ1v) is 16.2. The van der Waals surface area contributed by atoms with Crippen LogP contribution in [0.2, 0.25) is 10.0 Å². The molecule has 5 aromatic rings. The summed E-state index contributed by atoms with van der Waals surface area (Å²) in [5.74, 6) is -3.64. The maximum atomic E-state index is 14.4. The quantitative estimate of drug-likeness (QED) is 0.134. The van der Waals surface area contributed by atoms with Gasteiger partial charge in [0.05, 0.1) is 24.1 Å². The van der Waals surface area contributed by atoms with Crippen molar-refractivity contribution in [3.63, 3.8) is 0 Å². The highest BCUT2D eigenvalue weighted by Gasteiger charge is 2.54. The third kappa shape index (κ3) is 6.99. The van der Waals surface area contributed by atoms with E-state index in [4.69, 9.17) is 42.1 Å². The Hall–Kier alpha value is -4.52. The summed E-state index contributed by atoms with van der Waals surface area (Å²) in [5.41, 5.74) is -0.975. The summed E-state index contributed by atoms with van der Waals surface area (Å²) in [5, 5.41) is 21.5. The number of carboxylic acid groups (broad SMARTS) is 1. The van der Waals surface area contributed by atoms with E-state index in [1.54, 1.807) is 30.3 Å². The molecule has 0 radical (unpaired) electrons. The van der Waals surface area contributed by atoms with Crippen LogP contribution < -0.4 is 0 Å². The number of halogens is 7. The molecule has 1 N–H and O–H groups in total. The minimum absolute atomic E-state index is 0.00882. The molecule has 2 fully saturated rings. The zero-order valence-electron chi connectivity index (χ0n) is 26.5. The molecule has 0 amide bonds. The molecule has 2 aliphatic rings. The molecule has 0 bridgehead atoms. The average Bonchev–Trinajstić information content (AvgIpc) is 3.75. The van der Waals surface area contributed by atoms with E-state index < -0.39 is 83.4 Å². The van der Waals surface area contributed by atoms with Crippen molar-refractivity contribution in [1.82, 2.24) is 29.8 Å². The third-order valence-electron chi connectivity index (χ3n) is 8.40. The van der Waals surface area contributed by atoms with Gasteiger partial charge < -0.3 is 24.1 Å². The minimum atomic E-state index is -4.84. The number of hydrogen-bond acceptors (Lipinski definition) is 9. The van der Waals surface area contributed by atoms with E-state index in [1.807, 2.05) is 0 Å². The maximum absolute atomic E-state index is 14.4. The molecule has 7 rings (SSSR count). The molecule has 4 heterocycles. The van der Waals surface area contributed by atoms with Crippen LogP contribution in [-0.2, 0) is 29.9 Å². The smallest absolute Gasteiger partial charge is 0.418 e. The molecule has 2 aliphatic heterocycles. The number of aryl methyl sites for hydroxylation is 1. The second-order valence-corrected chi connectivity index (χ2v) is 12.7. The van der Waals surface area contributed by atoms with Crippen LogP contribution in [0.3, 0.4) is 0 Å². The van der Waals surface area contributed by atoms with Gasteiger partial charge in [-0.25, -0.2) is 27.9 Å². The van der Waals surface area contributed by atoms with Gasteiger partial charge in [0.15, 0.2) is 12.1 Å². The fourth-order valence-corrected chi connectivity index (χ4v) is 6.49. The fraction of sp³-hybridized carbons (Fsp3) is 0.303. The summed E-state index contributed by atoms with van der Waals surface area (Å²) < 4.78 is 98.8. The SMILES string of the molecule is Cc1nc([C@@H]2O[C@@H]3CO[C@H](c4ccccc4)O[C@@H]3[C@H](n3cc(-c4cc(F)c(Cl)c(F)c4)nn3)[C@H]2OCC(=O)O)n(-c2cc(Cl)ccc2C(F)(F)F)n1. The standard InChI is InChI=1S/C33H25Cl2F5N6O6/c1-15-41-31(46(43-15)23-11-18(34)7-8-19(23)33(38,39)40)30-29(49-14-25(47)48)27(28-24(51-30)13-50-32(52-28)16-5-3-2-4-6-16)45-12-22(42-44-45)17-9-20(36)26(35)21(37)10-17/h2-12,24,27-30,32H,13-14H2,1H3,(H,47,48)/t24-,27+,28+,29-,30-,32+/m1/s1. The van der Waals surface area contributed by atoms with Gasteiger partial charge in [-0.2, -0.15) is 18.3 Å². The lowest BCUT2D eigenvalue weighted by molar-refractivity contribution is -0.322. The van der Waals surface area contributed by atoms with Crippen LogP contribution in [0.25, 0.3) is 16.9 Å². The van der Waals surface area contributed by atoms with Crippen LogP contribution in [0.15, 0.2) is 66.9 Å². The highest BCUT2D eigenvalue weighted by molar-refractivity contribution is 6.31. The van der Waals surface area contributed by atoms with Gasteiger partial charge in [-0.3, -0.25) is 0 Å². The number of benzene rings is 3. The fourth-order valence-electron chi connectivity index (χ4n) is 6.21. The summed E-state index contributed by atoms with van der Waals surface area (Å²) >= 11 is 11.8. The van der Waals surface area contributed by atoms with Gasteiger partial charge >= 0.3 is 12.1 Å². The number of carbonyl (C=O) groups is 1. The highest BCUT2D eigenvalue weighted by atomic mass is 35.5. The van der Waals surface area contributed by atoms with E-state index in [2.05, 4.69) is 20.4 Å². The summed E-state index contributed by atoms with van der Waals surface area (Å²) in [7, 11) is 0. The van der Waals surface area contributed by atoms with Crippen molar-refractivity contribution < 1.29 is 50.8 Å². The van der Waals surface area contributed by atoms with Gasteiger partial charge in [-0.05, 0) is 37.3 Å². The number of nitrogens with zero attached hydrogens (tertiary/aromatic N) is 6. The molecule has 19 heteroatoms. The first-order chi connectivity index (χ1) is 24.8. The van der Waals surface area contributed by atoms with E-state index in [-0.39, 0.29) is 34.5 Å². The molecular weight excluding hydrogens is 742 g/mol. The summed E-state index contributed by atoms with van der Waals surface area (Å²) in [6, 6.07) is 12.5. The molecule has 52 heavy (non-hydrogen) atoms. The zero-order valence-corrected chi connectivity index (χ0v) is 28.1. The Labute approximate surface area is 300 Å². The predicted octanol–water partition coefficient (Wildman–Crippen LogP) is 6.70. The summed E-state index contributed by atoms with van der Waals surface area (Å²) in [4.78, 5) is 16.3. The van der Waals surface area contributed by atoms with Gasteiger partial charge in [-0.15, -0.1) is 5.10 Å². The Morgan fingerprint density at radius 2 is 1.79 bits per heavy atom. The van der Waals surface area contributed by atoms with Crippen LogP contribution in [0, 0.1) is 18.6 Å². The van der Waals surface area contributed by atoms with Crippen molar-refractivity contribution in [1.29, 1.82) is 0 Å². The van der Waals surface area contributed by atoms with E-state index in [9.17, 15) is 31.9 Å². The summed E-state index contributed by atoms with van der Waals surface area (Å²) in [6.07, 6.45) is -9.33. The zero-order chi connectivity index (χ0) is 36.9. The first-order valence-electron chi connectivity index (χ1n) is 15.5. The second kappa shape index (κ2) is 14.1. The highest BCUT2D eigenvalue weighted by Crippen LogP contribution is 2.46. The van der Waals surface area contributed by atoms with Gasteiger partial charge in [0.25, 0.3) is 0 Å². The third-order valence-corrected chi connectivity index (χ3v) is 9.00. The molecule has 272 valence electrons. The van der Waals surface area contributed by atoms with E-state index >= 15 is 0 Å². The molecule has 2 aromatic heterocycles. The van der Waals surface area contributed by atoms with Crippen molar-refractivity contribution >= 4 is 29.2 Å². The Morgan fingerprint density at radius 3 is 2.48 bits per heavy atom. The molecule has 0 spiro atoms. The van der Waals surface area contributed by atoms with Crippen LogP contribution in [0.5, 0.6) is 0 Å². The van der Waals surface area contributed by atoms with Crippen molar-refractivity contribution in [2.45, 2.75) is 49.8 Å². The lowest BCUT2D eigenvalue weighted by Crippen LogP contribution is -2.58. The van der Waals surface area contributed by atoms with Gasteiger partial charge in [-0.1, -0.05) is 58.7 Å². The number of hydrogen-bond donors (Lipinski definition) is 1. The lowest BCUT2D eigenvalue weighted by atomic mass is 9.90. The largest absolute Gasteiger partial charge is 0.480 e. The molecule has 0 unspecified atom stereocenters. The lowest BCUT2D eigenvalue weighted by Gasteiger charge is -2.48. The van der Waals surface area contributed by atoms with Crippen LogP contribution >= 0.6 is 23.2 Å². The van der Waals surface area contributed by atoms with Crippen LogP contribution in [-0.4, -0.2) is 72.4 Å². The number of carboxylic acids is 1. The molecule has 0 saturated carbocycles. The van der Waals surface area contributed by atoms with E-state index in [0.717, 1.165) is 35.0 Å². The molecule has 0 aliphatic carbocycles. The summed E-state index contributed by atoms with van der Waals surface area (Å²) in [6.45, 7) is 0.430. The van der Waals surface area contributed by atoms with Gasteiger partial charge in [0.2, 0.25) is 0 Å². The Balaban J connectivity index is 1.38. The number of aromatic nitrogens is 6. The maximum Gasteiger partial charge on any atom is 0.418 e. The van der Waals surface area contributed by atoms with Crippen LogP contribution in [0.4, 0.5) is 22.0 Å². The number of alkyl halides is 3. The minimum Gasteiger partial charge on any atom is -0.480 e. The van der Waals surface area contributed by atoms with Crippen molar-refractivity contribution in [2.24, 2.45) is 0 Å². The topological polar surface area (TPSA) is 136 Å². The molecule has 6 atom stereocenters. The number of rotatable bonds is 8. The Kier molecular flexibility index (Phi) is 9.75. The van der Waals surface area contributed by atoms with Crippen molar-refractivity contribution in [3.8, 4) is 16.9 Å². The van der Waals surface area contributed by atoms with E-state index in [1.165, 1.54) is 17.8 Å². The van der Waals surface area contributed by atoms with Gasteiger partial charge in [0, 0.05) is 16.1 Å². The van der Waals surface area contributed by atoms with Crippen molar-refractivity contribution in [2.75, 3.05) is 13.2 Å².